The van der Waals surface area contributed by atoms with Gasteiger partial charge in [-0.2, -0.15) is 5.10 Å². The van der Waals surface area contributed by atoms with Gasteiger partial charge >= 0.3 is 0 Å². The van der Waals surface area contributed by atoms with E-state index in [1.807, 2.05) is 45.6 Å². The first-order chi connectivity index (χ1) is 13.6. The van der Waals surface area contributed by atoms with Crippen LogP contribution >= 0.6 is 23.6 Å². The number of nitrogens with zero attached hydrogens (tertiary/aromatic N) is 5. The second-order valence-electron chi connectivity index (χ2n) is 6.58. The van der Waals surface area contributed by atoms with E-state index in [1.165, 1.54) is 4.70 Å². The summed E-state index contributed by atoms with van der Waals surface area (Å²) in [5.41, 5.74) is 2.00. The number of hydrogen-bond donors (Lipinski definition) is 0. The Bertz CT molecular complexity index is 1110. The van der Waals surface area contributed by atoms with E-state index < -0.39 is 0 Å². The summed E-state index contributed by atoms with van der Waals surface area (Å²) in [4.78, 5) is 6.96. The fourth-order valence-electron chi connectivity index (χ4n) is 2.95. The van der Waals surface area contributed by atoms with E-state index in [0.717, 1.165) is 22.0 Å². The van der Waals surface area contributed by atoms with Gasteiger partial charge < -0.3 is 4.74 Å². The van der Waals surface area contributed by atoms with Crippen molar-refractivity contribution in [3.63, 3.8) is 0 Å². The maximum atomic E-state index is 5.64. The first-order valence-corrected chi connectivity index (χ1v) is 10.1. The first kappa shape index (κ1) is 18.8. The molecule has 2 aromatic heterocycles. The predicted octanol–water partition coefficient (Wildman–Crippen LogP) is 4.67. The molecule has 0 radical (unpaired) electrons. The molecule has 0 aliphatic heterocycles. The average molecular weight is 412 g/mol. The van der Waals surface area contributed by atoms with E-state index in [2.05, 4.69) is 36.1 Å². The number of aromatic nitrogens is 4. The van der Waals surface area contributed by atoms with E-state index in [4.69, 9.17) is 21.9 Å². The van der Waals surface area contributed by atoms with Gasteiger partial charge in [0.05, 0.1) is 30.0 Å². The monoisotopic (exact) mass is 411 g/mol. The molecule has 0 amide bonds. The molecule has 2 heterocycles. The van der Waals surface area contributed by atoms with Gasteiger partial charge in [0.2, 0.25) is 4.77 Å². The molecule has 1 atom stereocenters. The highest BCUT2D eigenvalue weighted by Crippen LogP contribution is 2.29. The maximum Gasteiger partial charge on any atom is 0.203 e. The minimum atomic E-state index is 0.158. The van der Waals surface area contributed by atoms with Gasteiger partial charge in [-0.3, -0.25) is 9.47 Å². The molecule has 0 aliphatic carbocycles. The van der Waals surface area contributed by atoms with Crippen LogP contribution in [0.5, 0.6) is 5.75 Å². The van der Waals surface area contributed by atoms with Crippen molar-refractivity contribution >= 4 is 33.8 Å². The third-order valence-corrected chi connectivity index (χ3v) is 6.38. The largest absolute Gasteiger partial charge is 0.497 e. The Morgan fingerprint density at radius 1 is 1.18 bits per heavy atom. The quantitative estimate of drug-likeness (QED) is 0.432. The van der Waals surface area contributed by atoms with Crippen molar-refractivity contribution in [2.45, 2.75) is 19.6 Å². The Morgan fingerprint density at radius 3 is 2.64 bits per heavy atom. The number of hydrogen-bond acceptors (Lipinski definition) is 6. The fraction of sp³-hybridized carbons (Fsp3) is 0.250. The van der Waals surface area contributed by atoms with Crippen LogP contribution in [0.3, 0.4) is 0 Å². The standard InChI is InChI=1S/C20H21N5OS2/c1-14(19-22-17-6-4-5-7-18(17)28-19)23(2)13-25-20(27)24(12-21-25)15-8-10-16(26-3)11-9-15/h4-12,14H,13H2,1-3H3. The summed E-state index contributed by atoms with van der Waals surface area (Å²) in [5.74, 6) is 0.812. The van der Waals surface area contributed by atoms with E-state index in [0.29, 0.717) is 11.4 Å². The average Bonchev–Trinajstić information content (AvgIpc) is 3.31. The molecule has 0 aliphatic rings. The molecule has 144 valence electrons. The zero-order valence-corrected chi connectivity index (χ0v) is 17.6. The van der Waals surface area contributed by atoms with Crippen molar-refractivity contribution in [1.29, 1.82) is 0 Å². The number of ether oxygens (including phenoxy) is 1. The molecule has 0 bridgehead atoms. The smallest absolute Gasteiger partial charge is 0.203 e. The summed E-state index contributed by atoms with van der Waals surface area (Å²) in [6, 6.07) is 16.1. The van der Waals surface area contributed by atoms with Crippen LogP contribution in [0.4, 0.5) is 0 Å². The zero-order valence-electron chi connectivity index (χ0n) is 15.9. The van der Waals surface area contributed by atoms with Gasteiger partial charge in [-0.05, 0) is 62.6 Å². The Kier molecular flexibility index (Phi) is 5.25. The number of thiazole rings is 1. The van der Waals surface area contributed by atoms with Crippen molar-refractivity contribution in [2.75, 3.05) is 14.2 Å². The molecule has 2 aromatic carbocycles. The lowest BCUT2D eigenvalue weighted by atomic mass is 10.3. The van der Waals surface area contributed by atoms with Gasteiger partial charge in [0.1, 0.15) is 17.1 Å². The van der Waals surface area contributed by atoms with E-state index in [-0.39, 0.29) is 6.04 Å². The molecular weight excluding hydrogens is 390 g/mol. The Hall–Kier alpha value is -2.55. The minimum Gasteiger partial charge on any atom is -0.497 e. The normalized spacial score (nSPS) is 12.6. The van der Waals surface area contributed by atoms with Crippen LogP contribution in [0.15, 0.2) is 54.9 Å². The van der Waals surface area contributed by atoms with E-state index >= 15 is 0 Å². The van der Waals surface area contributed by atoms with Crippen LogP contribution in [0, 0.1) is 4.77 Å². The highest BCUT2D eigenvalue weighted by Gasteiger charge is 2.17. The van der Waals surface area contributed by atoms with Gasteiger partial charge in [0.15, 0.2) is 0 Å². The summed E-state index contributed by atoms with van der Waals surface area (Å²) >= 11 is 7.36. The van der Waals surface area contributed by atoms with Crippen LogP contribution in [0.25, 0.3) is 15.9 Å². The number of benzene rings is 2. The molecule has 0 saturated carbocycles. The van der Waals surface area contributed by atoms with Crippen molar-refractivity contribution < 1.29 is 4.74 Å². The molecule has 8 heteroatoms. The third kappa shape index (κ3) is 3.58. The summed E-state index contributed by atoms with van der Waals surface area (Å²) in [6.45, 7) is 2.74. The second kappa shape index (κ2) is 7.83. The Balaban J connectivity index is 1.53. The molecule has 0 N–H and O–H groups in total. The number of methoxy groups -OCH3 is 1. The number of fused-ring (bicyclic) bond motifs is 1. The van der Waals surface area contributed by atoms with Gasteiger partial charge in [-0.25, -0.2) is 9.67 Å². The zero-order chi connectivity index (χ0) is 19.7. The van der Waals surface area contributed by atoms with Gasteiger partial charge in [0, 0.05) is 5.69 Å². The molecule has 4 rings (SSSR count). The van der Waals surface area contributed by atoms with Crippen molar-refractivity contribution in [3.05, 3.63) is 64.6 Å². The van der Waals surface area contributed by atoms with Gasteiger partial charge in [-0.1, -0.05) is 12.1 Å². The summed E-state index contributed by atoms with van der Waals surface area (Å²) in [6.07, 6.45) is 1.75. The fourth-order valence-corrected chi connectivity index (χ4v) is 4.29. The molecular formula is C20H21N5OS2. The molecule has 0 spiro atoms. The van der Waals surface area contributed by atoms with Crippen LogP contribution in [0.1, 0.15) is 18.0 Å². The number of para-hydroxylation sites is 1. The van der Waals surface area contributed by atoms with Crippen molar-refractivity contribution in [2.24, 2.45) is 0 Å². The lowest BCUT2D eigenvalue weighted by Gasteiger charge is -2.22. The lowest BCUT2D eigenvalue weighted by Crippen LogP contribution is -2.26. The van der Waals surface area contributed by atoms with Crippen molar-refractivity contribution in [1.82, 2.24) is 24.2 Å². The van der Waals surface area contributed by atoms with Crippen LogP contribution in [-0.2, 0) is 6.67 Å². The third-order valence-electron chi connectivity index (χ3n) is 4.77. The first-order valence-electron chi connectivity index (χ1n) is 8.91. The lowest BCUT2D eigenvalue weighted by molar-refractivity contribution is 0.194. The van der Waals surface area contributed by atoms with E-state index in [9.17, 15) is 0 Å². The summed E-state index contributed by atoms with van der Waals surface area (Å²) in [7, 11) is 3.71. The highest BCUT2D eigenvalue weighted by molar-refractivity contribution is 7.71. The Morgan fingerprint density at radius 2 is 1.93 bits per heavy atom. The molecule has 28 heavy (non-hydrogen) atoms. The Labute approximate surface area is 172 Å². The van der Waals surface area contributed by atoms with Crippen LogP contribution in [-0.4, -0.2) is 38.4 Å². The van der Waals surface area contributed by atoms with Crippen molar-refractivity contribution in [3.8, 4) is 11.4 Å². The molecule has 6 nitrogen and oxygen atoms in total. The van der Waals surface area contributed by atoms with E-state index in [1.54, 1.807) is 24.8 Å². The van der Waals surface area contributed by atoms with Gasteiger partial charge in [-0.15, -0.1) is 11.3 Å². The topological polar surface area (TPSA) is 48.1 Å². The molecule has 1 unspecified atom stereocenters. The SMILES string of the molecule is COc1ccc(-n2cnn(CN(C)C(C)c3nc4ccccc4s3)c2=S)cc1. The molecule has 4 aromatic rings. The van der Waals surface area contributed by atoms with Gasteiger partial charge in [0.25, 0.3) is 0 Å². The summed E-state index contributed by atoms with van der Waals surface area (Å²) < 4.78 is 10.8. The predicted molar refractivity (Wildman–Crippen MR) is 115 cm³/mol. The minimum absolute atomic E-state index is 0.158. The van der Waals surface area contributed by atoms with Crippen LogP contribution in [0.2, 0.25) is 0 Å². The number of rotatable bonds is 6. The second-order valence-corrected chi connectivity index (χ2v) is 8.00. The highest BCUT2D eigenvalue weighted by atomic mass is 32.1. The molecule has 0 saturated heterocycles. The maximum absolute atomic E-state index is 5.64. The summed E-state index contributed by atoms with van der Waals surface area (Å²) in [5, 5.41) is 5.57. The van der Waals surface area contributed by atoms with Crippen LogP contribution < -0.4 is 4.74 Å². The molecule has 0 fully saturated rings.